The Morgan fingerprint density at radius 1 is 1.26 bits per heavy atom. The predicted molar refractivity (Wildman–Crippen MR) is 82.4 cm³/mol. The van der Waals surface area contributed by atoms with E-state index < -0.39 is 0 Å². The van der Waals surface area contributed by atoms with Gasteiger partial charge in [-0.25, -0.2) is 4.31 Å². The minimum absolute atomic E-state index is 0.558. The van der Waals surface area contributed by atoms with Crippen molar-refractivity contribution < 1.29 is 0 Å². The van der Waals surface area contributed by atoms with Crippen LogP contribution >= 0.6 is 11.9 Å². The molecule has 19 heavy (non-hydrogen) atoms. The molecule has 0 amide bonds. The molecular formula is C15H21N3S. The van der Waals surface area contributed by atoms with Crippen molar-refractivity contribution in [2.75, 3.05) is 36.8 Å². The molecule has 1 aromatic rings. The molecule has 1 aliphatic heterocycles. The second-order valence-corrected chi connectivity index (χ2v) is 6.16. The van der Waals surface area contributed by atoms with E-state index in [1.54, 1.807) is 11.9 Å². The number of hydrogen-bond donors (Lipinski definition) is 0. The number of piperazine rings is 1. The second kappa shape index (κ2) is 6.83. The first-order valence-corrected chi connectivity index (χ1v) is 7.74. The average Bonchev–Trinajstić information content (AvgIpc) is 2.46. The van der Waals surface area contributed by atoms with Gasteiger partial charge in [0.25, 0.3) is 0 Å². The van der Waals surface area contributed by atoms with Gasteiger partial charge in [0, 0.05) is 31.9 Å². The van der Waals surface area contributed by atoms with Gasteiger partial charge in [-0.1, -0.05) is 37.9 Å². The van der Waals surface area contributed by atoms with E-state index in [1.807, 2.05) is 0 Å². The molecule has 1 saturated heterocycles. The van der Waals surface area contributed by atoms with Crippen LogP contribution in [-0.4, -0.2) is 36.2 Å². The Kier molecular flexibility index (Phi) is 5.12. The van der Waals surface area contributed by atoms with E-state index in [-0.39, 0.29) is 0 Å². The summed E-state index contributed by atoms with van der Waals surface area (Å²) < 4.78 is 2.30. The molecule has 0 aromatic heterocycles. The highest BCUT2D eigenvalue weighted by Gasteiger charge is 2.17. The fraction of sp³-hybridized carbons (Fsp3) is 0.533. The van der Waals surface area contributed by atoms with E-state index in [0.717, 1.165) is 26.2 Å². The highest BCUT2D eigenvalue weighted by molar-refractivity contribution is 7.97. The molecule has 1 fully saturated rings. The molecule has 0 saturated carbocycles. The quantitative estimate of drug-likeness (QED) is 0.790. The van der Waals surface area contributed by atoms with E-state index in [4.69, 9.17) is 5.26 Å². The summed E-state index contributed by atoms with van der Waals surface area (Å²) in [6.45, 7) is 8.60. The predicted octanol–water partition coefficient (Wildman–Crippen LogP) is 3.10. The average molecular weight is 275 g/mol. The van der Waals surface area contributed by atoms with Gasteiger partial charge in [0.2, 0.25) is 0 Å². The van der Waals surface area contributed by atoms with Crippen molar-refractivity contribution >= 4 is 17.6 Å². The smallest absolute Gasteiger partial charge is 0.0955 e. The van der Waals surface area contributed by atoms with Gasteiger partial charge in [0.15, 0.2) is 0 Å². The normalized spacial score (nSPS) is 16.6. The number of nitrogens with zero attached hydrogens (tertiary/aromatic N) is 3. The minimum Gasteiger partial charge on any atom is -0.369 e. The van der Waals surface area contributed by atoms with E-state index in [9.17, 15) is 0 Å². The van der Waals surface area contributed by atoms with Crippen molar-refractivity contribution in [1.29, 1.82) is 5.26 Å². The zero-order chi connectivity index (χ0) is 13.7. The van der Waals surface area contributed by atoms with Crippen molar-refractivity contribution in [3.63, 3.8) is 0 Å². The summed E-state index contributed by atoms with van der Waals surface area (Å²) in [5.74, 6) is 1.13. The topological polar surface area (TPSA) is 30.3 Å². The summed E-state index contributed by atoms with van der Waals surface area (Å²) in [6, 6.07) is 11.0. The van der Waals surface area contributed by atoms with Crippen molar-refractivity contribution in [1.82, 2.24) is 4.31 Å². The van der Waals surface area contributed by atoms with Crippen LogP contribution < -0.4 is 4.90 Å². The van der Waals surface area contributed by atoms with Gasteiger partial charge < -0.3 is 4.90 Å². The molecule has 0 spiro atoms. The van der Waals surface area contributed by atoms with Crippen LogP contribution in [0.25, 0.3) is 0 Å². The lowest BCUT2D eigenvalue weighted by atomic mass is 10.0. The summed E-state index contributed by atoms with van der Waals surface area (Å²) in [5.41, 5.74) is 2.73. The molecule has 2 rings (SSSR count). The fourth-order valence-corrected chi connectivity index (χ4v) is 2.94. The third-order valence-electron chi connectivity index (χ3n) is 3.45. The molecule has 0 radical (unpaired) electrons. The Morgan fingerprint density at radius 3 is 2.63 bits per heavy atom. The molecule has 0 N–H and O–H groups in total. The molecule has 1 aromatic carbocycles. The van der Waals surface area contributed by atoms with Crippen molar-refractivity contribution in [3.05, 3.63) is 29.8 Å². The molecule has 3 nitrogen and oxygen atoms in total. The number of hydrogen-bond acceptors (Lipinski definition) is 4. The van der Waals surface area contributed by atoms with Gasteiger partial charge in [-0.05, 0) is 23.6 Å². The first kappa shape index (κ1) is 14.2. The Bertz CT molecular complexity index is 445. The second-order valence-electron chi connectivity index (χ2n) is 5.10. The Balaban J connectivity index is 1.94. The Morgan fingerprint density at radius 2 is 2.00 bits per heavy atom. The van der Waals surface area contributed by atoms with Gasteiger partial charge >= 0.3 is 0 Å². The minimum atomic E-state index is 0.558. The SMILES string of the molecule is CC(C)c1cccc(N2CCN(SCC#N)CC2)c1. The summed E-state index contributed by atoms with van der Waals surface area (Å²) in [5, 5.41) is 8.60. The van der Waals surface area contributed by atoms with Crippen molar-refractivity contribution in [2.24, 2.45) is 0 Å². The molecule has 4 heteroatoms. The lowest BCUT2D eigenvalue weighted by molar-refractivity contribution is 0.430. The van der Waals surface area contributed by atoms with Crippen molar-refractivity contribution in [3.8, 4) is 6.07 Å². The maximum atomic E-state index is 8.60. The van der Waals surface area contributed by atoms with Crippen LogP contribution in [0.1, 0.15) is 25.3 Å². The third kappa shape index (κ3) is 3.89. The number of rotatable bonds is 4. The molecule has 102 valence electrons. The van der Waals surface area contributed by atoms with Crippen LogP contribution in [0.4, 0.5) is 5.69 Å². The largest absolute Gasteiger partial charge is 0.369 e. The Labute approximate surface area is 120 Å². The van der Waals surface area contributed by atoms with Crippen LogP contribution in [0.15, 0.2) is 24.3 Å². The summed E-state index contributed by atoms with van der Waals surface area (Å²) in [4.78, 5) is 2.44. The fourth-order valence-electron chi connectivity index (χ4n) is 2.28. The van der Waals surface area contributed by atoms with Crippen LogP contribution in [0.3, 0.4) is 0 Å². The van der Waals surface area contributed by atoms with Gasteiger partial charge in [-0.2, -0.15) is 5.26 Å². The third-order valence-corrected chi connectivity index (χ3v) is 4.44. The molecule has 1 aliphatic rings. The Hall–Kier alpha value is -1.18. The first-order chi connectivity index (χ1) is 9.20. The van der Waals surface area contributed by atoms with E-state index in [2.05, 4.69) is 53.4 Å². The highest BCUT2D eigenvalue weighted by atomic mass is 32.2. The zero-order valence-electron chi connectivity index (χ0n) is 11.7. The van der Waals surface area contributed by atoms with E-state index in [0.29, 0.717) is 11.7 Å². The van der Waals surface area contributed by atoms with Crippen LogP contribution in [-0.2, 0) is 0 Å². The van der Waals surface area contributed by atoms with Crippen molar-refractivity contribution in [2.45, 2.75) is 19.8 Å². The lowest BCUT2D eigenvalue weighted by Crippen LogP contribution is -2.43. The molecule has 0 aliphatic carbocycles. The molecule has 0 atom stereocenters. The molecular weight excluding hydrogens is 254 g/mol. The van der Waals surface area contributed by atoms with Gasteiger partial charge in [-0.15, -0.1) is 0 Å². The number of benzene rings is 1. The van der Waals surface area contributed by atoms with Gasteiger partial charge in [-0.3, -0.25) is 0 Å². The highest BCUT2D eigenvalue weighted by Crippen LogP contribution is 2.23. The van der Waals surface area contributed by atoms with Gasteiger partial charge in [0.1, 0.15) is 0 Å². The van der Waals surface area contributed by atoms with Crippen LogP contribution in [0.2, 0.25) is 0 Å². The summed E-state index contributed by atoms with van der Waals surface area (Å²) in [6.07, 6.45) is 0. The number of anilines is 1. The summed E-state index contributed by atoms with van der Waals surface area (Å²) >= 11 is 1.65. The van der Waals surface area contributed by atoms with E-state index >= 15 is 0 Å². The standard InChI is InChI=1S/C15H21N3S/c1-13(2)14-4-3-5-15(12-14)17-7-9-18(10-8-17)19-11-6-16/h3-5,12-13H,7-11H2,1-2H3. The first-order valence-electron chi connectivity index (χ1n) is 6.80. The molecule has 0 bridgehead atoms. The summed E-state index contributed by atoms with van der Waals surface area (Å²) in [7, 11) is 0. The maximum absolute atomic E-state index is 8.60. The number of nitriles is 1. The molecule has 0 unspecified atom stereocenters. The molecule has 1 heterocycles. The monoisotopic (exact) mass is 275 g/mol. The van der Waals surface area contributed by atoms with Crippen LogP contribution in [0.5, 0.6) is 0 Å². The van der Waals surface area contributed by atoms with Gasteiger partial charge in [0.05, 0.1) is 11.8 Å². The maximum Gasteiger partial charge on any atom is 0.0955 e. The zero-order valence-corrected chi connectivity index (χ0v) is 12.5. The van der Waals surface area contributed by atoms with Crippen LogP contribution in [0, 0.1) is 11.3 Å². The lowest BCUT2D eigenvalue weighted by Gasteiger charge is -2.35. The van der Waals surface area contributed by atoms with E-state index in [1.165, 1.54) is 11.3 Å².